The zero-order valence-electron chi connectivity index (χ0n) is 10.7. The van der Waals surface area contributed by atoms with E-state index in [0.29, 0.717) is 12.1 Å². The summed E-state index contributed by atoms with van der Waals surface area (Å²) in [6.07, 6.45) is 1.51. The molecule has 0 spiro atoms. The summed E-state index contributed by atoms with van der Waals surface area (Å²) >= 11 is 6.89. The molecule has 0 amide bonds. The highest BCUT2D eigenvalue weighted by Gasteiger charge is 2.06. The average molecular weight is 400 g/mol. The number of aromatic nitrogens is 1. The van der Waals surface area contributed by atoms with Crippen LogP contribution in [0.15, 0.2) is 45.5 Å². The summed E-state index contributed by atoms with van der Waals surface area (Å²) < 4.78 is 6.61. The molecule has 0 radical (unpaired) electrons. The molecule has 0 fully saturated rings. The molecule has 1 heterocycles. The second-order valence-corrected chi connectivity index (χ2v) is 5.78. The fourth-order valence-electron chi connectivity index (χ4n) is 1.59. The molecule has 0 aliphatic carbocycles. The van der Waals surface area contributed by atoms with E-state index in [2.05, 4.69) is 46.9 Å². The Morgan fingerprint density at radius 2 is 2.10 bits per heavy atom. The van der Waals surface area contributed by atoms with E-state index >= 15 is 0 Å². The standard InChI is InChI=1S/C14H12Br2N2O2/c1-20-14(19)9-2-4-11(17-7-9)8-18-13-5-3-10(15)6-12(13)16/h2-7,18H,8H2,1H3. The van der Waals surface area contributed by atoms with Crippen LogP contribution in [0.2, 0.25) is 0 Å². The van der Waals surface area contributed by atoms with E-state index in [4.69, 9.17) is 0 Å². The van der Waals surface area contributed by atoms with Crippen molar-refractivity contribution in [2.45, 2.75) is 6.54 Å². The second kappa shape index (κ2) is 6.85. The number of benzene rings is 1. The molecule has 0 bridgehead atoms. The smallest absolute Gasteiger partial charge is 0.339 e. The normalized spacial score (nSPS) is 10.2. The first-order chi connectivity index (χ1) is 9.60. The van der Waals surface area contributed by atoms with Gasteiger partial charge in [-0.25, -0.2) is 4.79 Å². The molecule has 4 nitrogen and oxygen atoms in total. The molecular formula is C14H12Br2N2O2. The number of rotatable bonds is 4. The van der Waals surface area contributed by atoms with Gasteiger partial charge in [-0.05, 0) is 46.3 Å². The largest absolute Gasteiger partial charge is 0.465 e. The minimum absolute atomic E-state index is 0.382. The van der Waals surface area contributed by atoms with Crippen molar-refractivity contribution in [3.05, 3.63) is 56.7 Å². The van der Waals surface area contributed by atoms with Gasteiger partial charge in [-0.3, -0.25) is 4.98 Å². The summed E-state index contributed by atoms with van der Waals surface area (Å²) in [6, 6.07) is 9.40. The van der Waals surface area contributed by atoms with Gasteiger partial charge in [0.25, 0.3) is 0 Å². The molecule has 6 heteroatoms. The molecule has 0 aliphatic heterocycles. The van der Waals surface area contributed by atoms with Crippen LogP contribution in [0.25, 0.3) is 0 Å². The van der Waals surface area contributed by atoms with Crippen LogP contribution in [0, 0.1) is 0 Å². The van der Waals surface area contributed by atoms with Gasteiger partial charge in [0.15, 0.2) is 0 Å². The van der Waals surface area contributed by atoms with E-state index in [0.717, 1.165) is 20.3 Å². The molecule has 0 atom stereocenters. The van der Waals surface area contributed by atoms with E-state index in [1.807, 2.05) is 18.2 Å². The number of halogens is 2. The fraction of sp³-hybridized carbons (Fsp3) is 0.143. The van der Waals surface area contributed by atoms with E-state index in [-0.39, 0.29) is 5.97 Å². The lowest BCUT2D eigenvalue weighted by Gasteiger charge is -2.08. The zero-order chi connectivity index (χ0) is 14.5. The maximum absolute atomic E-state index is 11.3. The van der Waals surface area contributed by atoms with Crippen molar-refractivity contribution >= 4 is 43.5 Å². The van der Waals surface area contributed by atoms with Crippen molar-refractivity contribution in [3.63, 3.8) is 0 Å². The minimum Gasteiger partial charge on any atom is -0.465 e. The van der Waals surface area contributed by atoms with E-state index < -0.39 is 0 Å². The molecule has 0 saturated carbocycles. The molecule has 104 valence electrons. The number of hydrogen-bond acceptors (Lipinski definition) is 4. The maximum atomic E-state index is 11.3. The fourth-order valence-corrected chi connectivity index (χ4v) is 2.77. The van der Waals surface area contributed by atoms with Crippen molar-refractivity contribution in [1.29, 1.82) is 0 Å². The first-order valence-corrected chi connectivity index (χ1v) is 7.41. The SMILES string of the molecule is COC(=O)c1ccc(CNc2ccc(Br)cc2Br)nc1. The van der Waals surface area contributed by atoms with Crippen LogP contribution in [0.1, 0.15) is 16.1 Å². The van der Waals surface area contributed by atoms with Crippen LogP contribution >= 0.6 is 31.9 Å². The molecule has 2 aromatic rings. The van der Waals surface area contributed by atoms with Gasteiger partial charge in [0.2, 0.25) is 0 Å². The maximum Gasteiger partial charge on any atom is 0.339 e. The summed E-state index contributed by atoms with van der Waals surface area (Å²) in [7, 11) is 1.35. The molecule has 2 rings (SSSR count). The summed E-state index contributed by atoms with van der Waals surface area (Å²) in [5.74, 6) is -0.382. The summed E-state index contributed by atoms with van der Waals surface area (Å²) in [5.41, 5.74) is 2.26. The molecule has 1 aromatic heterocycles. The van der Waals surface area contributed by atoms with Crippen LogP contribution in [-0.4, -0.2) is 18.1 Å². The number of carbonyl (C=O) groups is 1. The third kappa shape index (κ3) is 3.80. The summed E-state index contributed by atoms with van der Waals surface area (Å²) in [5, 5.41) is 3.27. The monoisotopic (exact) mass is 398 g/mol. The van der Waals surface area contributed by atoms with Crippen molar-refractivity contribution in [2.75, 3.05) is 12.4 Å². The quantitative estimate of drug-likeness (QED) is 0.789. The number of carbonyl (C=O) groups excluding carboxylic acids is 1. The van der Waals surface area contributed by atoms with E-state index in [9.17, 15) is 4.79 Å². The second-order valence-electron chi connectivity index (χ2n) is 4.01. The number of pyridine rings is 1. The Kier molecular flexibility index (Phi) is 5.14. The number of ether oxygens (including phenoxy) is 1. The van der Waals surface area contributed by atoms with E-state index in [1.165, 1.54) is 13.3 Å². The van der Waals surface area contributed by atoms with Gasteiger partial charge >= 0.3 is 5.97 Å². The molecule has 0 saturated heterocycles. The van der Waals surface area contributed by atoms with Gasteiger partial charge < -0.3 is 10.1 Å². The number of nitrogens with one attached hydrogen (secondary N) is 1. The Morgan fingerprint density at radius 1 is 1.30 bits per heavy atom. The van der Waals surface area contributed by atoms with Crippen LogP contribution in [0.5, 0.6) is 0 Å². The molecule has 1 aromatic carbocycles. The first-order valence-electron chi connectivity index (χ1n) is 5.82. The highest BCUT2D eigenvalue weighted by Crippen LogP contribution is 2.26. The number of nitrogens with zero attached hydrogens (tertiary/aromatic N) is 1. The van der Waals surface area contributed by atoms with Crippen LogP contribution in [0.4, 0.5) is 5.69 Å². The van der Waals surface area contributed by atoms with Gasteiger partial charge in [0.05, 0.1) is 24.9 Å². The van der Waals surface area contributed by atoms with Gasteiger partial charge in [0.1, 0.15) is 0 Å². The van der Waals surface area contributed by atoms with Crippen molar-refractivity contribution < 1.29 is 9.53 Å². The van der Waals surface area contributed by atoms with Crippen molar-refractivity contribution in [2.24, 2.45) is 0 Å². The van der Waals surface area contributed by atoms with Gasteiger partial charge in [0, 0.05) is 20.8 Å². The third-order valence-corrected chi connectivity index (χ3v) is 3.79. The Balaban J connectivity index is 2.02. The highest BCUT2D eigenvalue weighted by atomic mass is 79.9. The number of hydrogen-bond donors (Lipinski definition) is 1. The number of anilines is 1. The van der Waals surface area contributed by atoms with Gasteiger partial charge in [-0.2, -0.15) is 0 Å². The average Bonchev–Trinajstić information content (AvgIpc) is 2.46. The van der Waals surface area contributed by atoms with Gasteiger partial charge in [-0.15, -0.1) is 0 Å². The highest BCUT2D eigenvalue weighted by molar-refractivity contribution is 9.11. The Labute approximate surface area is 133 Å². The third-order valence-electron chi connectivity index (χ3n) is 2.64. The minimum atomic E-state index is -0.382. The van der Waals surface area contributed by atoms with Gasteiger partial charge in [-0.1, -0.05) is 15.9 Å². The molecule has 0 aliphatic rings. The van der Waals surface area contributed by atoms with Crippen molar-refractivity contribution in [1.82, 2.24) is 4.98 Å². The Hall–Kier alpha value is -1.40. The lowest BCUT2D eigenvalue weighted by atomic mass is 10.2. The van der Waals surface area contributed by atoms with Crippen LogP contribution < -0.4 is 5.32 Å². The molecule has 0 unspecified atom stereocenters. The molecular weight excluding hydrogens is 388 g/mol. The number of methoxy groups -OCH3 is 1. The molecule has 1 N–H and O–H groups in total. The topological polar surface area (TPSA) is 51.2 Å². The first kappa shape index (κ1) is 15.0. The lowest BCUT2D eigenvalue weighted by molar-refractivity contribution is 0.0600. The number of esters is 1. The Bertz CT molecular complexity index is 615. The molecule has 20 heavy (non-hydrogen) atoms. The van der Waals surface area contributed by atoms with Crippen molar-refractivity contribution in [3.8, 4) is 0 Å². The predicted octanol–water partition coefficient (Wildman–Crippen LogP) is 4.01. The Morgan fingerprint density at radius 3 is 2.70 bits per heavy atom. The summed E-state index contributed by atoms with van der Waals surface area (Å²) in [4.78, 5) is 15.5. The lowest BCUT2D eigenvalue weighted by Crippen LogP contribution is -2.05. The zero-order valence-corrected chi connectivity index (χ0v) is 13.9. The summed E-state index contributed by atoms with van der Waals surface area (Å²) in [6.45, 7) is 0.571. The van der Waals surface area contributed by atoms with E-state index in [1.54, 1.807) is 12.1 Å². The predicted molar refractivity (Wildman–Crippen MR) is 84.7 cm³/mol. The van der Waals surface area contributed by atoms with Crippen LogP contribution in [-0.2, 0) is 11.3 Å². The van der Waals surface area contributed by atoms with Crippen LogP contribution in [0.3, 0.4) is 0 Å².